The van der Waals surface area contributed by atoms with Crippen LogP contribution < -0.4 is 0 Å². The molecule has 0 aromatic carbocycles. The molecule has 0 unspecified atom stereocenters. The highest BCUT2D eigenvalue weighted by Gasteiger charge is 2.23. The van der Waals surface area contributed by atoms with Crippen LogP contribution in [0.2, 0.25) is 0 Å². The fourth-order valence-electron chi connectivity index (χ4n) is 2.74. The van der Waals surface area contributed by atoms with Gasteiger partial charge in [-0.3, -0.25) is 4.79 Å². The number of carbonyl (C=O) groups is 1. The van der Waals surface area contributed by atoms with Crippen molar-refractivity contribution in [2.75, 3.05) is 26.3 Å². The summed E-state index contributed by atoms with van der Waals surface area (Å²) < 4.78 is 7.29. The first-order valence-corrected chi connectivity index (χ1v) is 7.49. The van der Waals surface area contributed by atoms with Crippen molar-refractivity contribution < 1.29 is 9.53 Å². The Morgan fingerprint density at radius 2 is 2.43 bits per heavy atom. The Morgan fingerprint density at radius 3 is 3.14 bits per heavy atom. The first kappa shape index (κ1) is 14.1. The van der Waals surface area contributed by atoms with Crippen LogP contribution in [0.3, 0.4) is 0 Å². The lowest BCUT2D eigenvalue weighted by Crippen LogP contribution is -2.35. The second kappa shape index (κ2) is 5.85. The fourth-order valence-corrected chi connectivity index (χ4v) is 2.74. The molecule has 0 saturated carbocycles. The van der Waals surface area contributed by atoms with Gasteiger partial charge in [0.25, 0.3) is 5.91 Å². The molecule has 0 aliphatic carbocycles. The number of aromatic nitrogens is 2. The Labute approximate surface area is 124 Å². The Bertz CT molecular complexity index is 644. The van der Waals surface area contributed by atoms with Crippen LogP contribution in [0, 0.1) is 12.8 Å². The zero-order valence-electron chi connectivity index (χ0n) is 12.6. The van der Waals surface area contributed by atoms with E-state index < -0.39 is 0 Å². The van der Waals surface area contributed by atoms with E-state index in [2.05, 4.69) is 4.98 Å². The standard InChI is InChI=1S/C16H21N3O2/c1-3-18(9-13-5-7-21-11-13)16(20)14-10-19-6-4-12(2)8-15(19)17-14/h4,6,8,10,13H,3,5,7,9,11H2,1-2H3/t13-/m1/s1. The predicted octanol–water partition coefficient (Wildman–Crippen LogP) is 2.14. The van der Waals surface area contributed by atoms with Crippen LogP contribution in [0.1, 0.15) is 29.4 Å². The number of pyridine rings is 1. The van der Waals surface area contributed by atoms with Gasteiger partial charge in [0.15, 0.2) is 0 Å². The van der Waals surface area contributed by atoms with Crippen LogP contribution in [-0.4, -0.2) is 46.5 Å². The molecule has 0 radical (unpaired) electrons. The van der Waals surface area contributed by atoms with Gasteiger partial charge in [0.05, 0.1) is 6.61 Å². The molecule has 1 amide bonds. The third-order valence-corrected chi connectivity index (χ3v) is 4.01. The lowest BCUT2D eigenvalue weighted by atomic mass is 10.1. The molecule has 5 nitrogen and oxygen atoms in total. The largest absolute Gasteiger partial charge is 0.381 e. The maximum absolute atomic E-state index is 12.6. The molecule has 0 N–H and O–H groups in total. The molecule has 1 aliphatic heterocycles. The molecule has 1 atom stereocenters. The van der Waals surface area contributed by atoms with E-state index in [-0.39, 0.29) is 5.91 Å². The van der Waals surface area contributed by atoms with Gasteiger partial charge in [-0.15, -0.1) is 0 Å². The van der Waals surface area contributed by atoms with Gasteiger partial charge in [-0.2, -0.15) is 0 Å². The van der Waals surface area contributed by atoms with Crippen molar-refractivity contribution in [2.45, 2.75) is 20.3 Å². The van der Waals surface area contributed by atoms with E-state index in [0.717, 1.165) is 37.4 Å². The van der Waals surface area contributed by atoms with Gasteiger partial charge in [0, 0.05) is 38.0 Å². The van der Waals surface area contributed by atoms with Crippen molar-refractivity contribution in [3.8, 4) is 0 Å². The van der Waals surface area contributed by atoms with Gasteiger partial charge >= 0.3 is 0 Å². The van der Waals surface area contributed by atoms with Gasteiger partial charge in [0.1, 0.15) is 11.3 Å². The highest BCUT2D eigenvalue weighted by Crippen LogP contribution is 2.16. The van der Waals surface area contributed by atoms with E-state index in [1.165, 1.54) is 0 Å². The van der Waals surface area contributed by atoms with Crippen molar-refractivity contribution in [2.24, 2.45) is 5.92 Å². The van der Waals surface area contributed by atoms with E-state index >= 15 is 0 Å². The zero-order valence-corrected chi connectivity index (χ0v) is 12.6. The van der Waals surface area contributed by atoms with E-state index in [4.69, 9.17) is 4.74 Å². The van der Waals surface area contributed by atoms with Crippen molar-refractivity contribution in [3.63, 3.8) is 0 Å². The number of hydrogen-bond donors (Lipinski definition) is 0. The number of carbonyl (C=O) groups excluding carboxylic acids is 1. The molecule has 2 aromatic heterocycles. The van der Waals surface area contributed by atoms with Gasteiger partial charge in [-0.05, 0) is 38.0 Å². The molecule has 3 heterocycles. The summed E-state index contributed by atoms with van der Waals surface area (Å²) in [7, 11) is 0. The maximum Gasteiger partial charge on any atom is 0.274 e. The van der Waals surface area contributed by atoms with Gasteiger partial charge in [-0.25, -0.2) is 4.98 Å². The van der Waals surface area contributed by atoms with Crippen LogP contribution in [0.4, 0.5) is 0 Å². The number of hydrogen-bond acceptors (Lipinski definition) is 3. The Morgan fingerprint density at radius 1 is 1.57 bits per heavy atom. The minimum absolute atomic E-state index is 0.00533. The van der Waals surface area contributed by atoms with E-state index in [0.29, 0.717) is 18.2 Å². The molecule has 0 bridgehead atoms. The van der Waals surface area contributed by atoms with E-state index in [1.807, 2.05) is 47.7 Å². The summed E-state index contributed by atoms with van der Waals surface area (Å²) >= 11 is 0. The summed E-state index contributed by atoms with van der Waals surface area (Å²) in [5.74, 6) is 0.457. The van der Waals surface area contributed by atoms with Crippen LogP contribution in [0.5, 0.6) is 0 Å². The highest BCUT2D eigenvalue weighted by atomic mass is 16.5. The number of aryl methyl sites for hydroxylation is 1. The highest BCUT2D eigenvalue weighted by molar-refractivity contribution is 5.92. The molecule has 1 fully saturated rings. The summed E-state index contributed by atoms with van der Waals surface area (Å²) in [6.07, 6.45) is 4.79. The molecule has 5 heteroatoms. The molecule has 2 aromatic rings. The lowest BCUT2D eigenvalue weighted by Gasteiger charge is -2.22. The fraction of sp³-hybridized carbons (Fsp3) is 0.500. The van der Waals surface area contributed by atoms with Crippen molar-refractivity contribution in [3.05, 3.63) is 35.8 Å². The third kappa shape index (κ3) is 2.93. The average molecular weight is 287 g/mol. The SMILES string of the molecule is CCN(C[C@H]1CCOC1)C(=O)c1cn2ccc(C)cc2n1. The molecule has 3 rings (SSSR count). The van der Waals surface area contributed by atoms with Crippen LogP contribution in [-0.2, 0) is 4.74 Å². The van der Waals surface area contributed by atoms with Gasteiger partial charge < -0.3 is 14.0 Å². The van der Waals surface area contributed by atoms with Crippen LogP contribution in [0.25, 0.3) is 5.65 Å². The summed E-state index contributed by atoms with van der Waals surface area (Å²) in [4.78, 5) is 19.0. The molecule has 1 aliphatic rings. The Hall–Kier alpha value is -1.88. The first-order valence-electron chi connectivity index (χ1n) is 7.49. The van der Waals surface area contributed by atoms with Crippen LogP contribution >= 0.6 is 0 Å². The van der Waals surface area contributed by atoms with E-state index in [1.54, 1.807) is 0 Å². The summed E-state index contributed by atoms with van der Waals surface area (Å²) in [5, 5.41) is 0. The monoisotopic (exact) mass is 287 g/mol. The van der Waals surface area contributed by atoms with Gasteiger partial charge in [0.2, 0.25) is 0 Å². The molecule has 1 saturated heterocycles. The molecule has 21 heavy (non-hydrogen) atoms. The molecule has 112 valence electrons. The topological polar surface area (TPSA) is 46.8 Å². The lowest BCUT2D eigenvalue weighted by molar-refractivity contribution is 0.0725. The number of nitrogens with zero attached hydrogens (tertiary/aromatic N) is 3. The van der Waals surface area contributed by atoms with E-state index in [9.17, 15) is 4.79 Å². The zero-order chi connectivity index (χ0) is 14.8. The van der Waals surface area contributed by atoms with Crippen LogP contribution in [0.15, 0.2) is 24.5 Å². The predicted molar refractivity (Wildman–Crippen MR) is 80.4 cm³/mol. The number of imidazole rings is 1. The molecule has 0 spiro atoms. The normalized spacial score (nSPS) is 18.3. The quantitative estimate of drug-likeness (QED) is 0.865. The minimum atomic E-state index is 0.00533. The minimum Gasteiger partial charge on any atom is -0.381 e. The van der Waals surface area contributed by atoms with Crippen molar-refractivity contribution in [1.29, 1.82) is 0 Å². The Kier molecular flexibility index (Phi) is 3.92. The first-order chi connectivity index (χ1) is 10.2. The third-order valence-electron chi connectivity index (χ3n) is 4.01. The average Bonchev–Trinajstić information content (AvgIpc) is 3.12. The smallest absolute Gasteiger partial charge is 0.274 e. The Balaban J connectivity index is 1.80. The number of amides is 1. The molecular formula is C16H21N3O2. The van der Waals surface area contributed by atoms with Crippen molar-refractivity contribution in [1.82, 2.24) is 14.3 Å². The summed E-state index contributed by atoms with van der Waals surface area (Å²) in [6.45, 7) is 7.05. The second-order valence-electron chi connectivity index (χ2n) is 5.67. The van der Waals surface area contributed by atoms with Gasteiger partial charge in [-0.1, -0.05) is 0 Å². The summed E-state index contributed by atoms with van der Waals surface area (Å²) in [5.41, 5.74) is 2.47. The number of ether oxygens (including phenoxy) is 1. The second-order valence-corrected chi connectivity index (χ2v) is 5.67. The number of fused-ring (bicyclic) bond motifs is 1. The number of rotatable bonds is 4. The molecular weight excluding hydrogens is 266 g/mol. The maximum atomic E-state index is 12.6. The summed E-state index contributed by atoms with van der Waals surface area (Å²) in [6, 6.07) is 3.99. The van der Waals surface area contributed by atoms with Crippen molar-refractivity contribution >= 4 is 11.6 Å².